The number of hydrogen-bond donors (Lipinski definition) is 1. The highest BCUT2D eigenvalue weighted by Gasteiger charge is 2.40. The zero-order chi connectivity index (χ0) is 24.1. The summed E-state index contributed by atoms with van der Waals surface area (Å²) in [5, 5.41) is 13.1. The quantitative estimate of drug-likeness (QED) is 0.373. The van der Waals surface area contributed by atoms with Gasteiger partial charge in [0.05, 0.1) is 5.25 Å². The monoisotopic (exact) mass is 487 g/mol. The highest BCUT2D eigenvalue weighted by molar-refractivity contribution is 8.05. The normalized spacial score (nSPS) is 16.8. The zero-order valence-corrected chi connectivity index (χ0v) is 20.1. The predicted molar refractivity (Wildman–Crippen MR) is 136 cm³/mol. The van der Waals surface area contributed by atoms with Gasteiger partial charge in [0.1, 0.15) is 16.7 Å². The largest absolute Gasteiger partial charge is 0.347 e. The van der Waals surface area contributed by atoms with Crippen molar-refractivity contribution < 1.29 is 9.59 Å². The molecule has 0 spiro atoms. The summed E-state index contributed by atoms with van der Waals surface area (Å²) in [7, 11) is 0. The first-order valence-electron chi connectivity index (χ1n) is 10.7. The van der Waals surface area contributed by atoms with E-state index < -0.39 is 11.2 Å². The fraction of sp³-hybridized carbons (Fsp3) is 0.148. The molecule has 34 heavy (non-hydrogen) atoms. The maximum absolute atomic E-state index is 13.5. The molecule has 2 amide bonds. The second-order valence-corrected chi connectivity index (χ2v) is 9.54. The minimum atomic E-state index is -0.517. The number of hydrogen-bond acceptors (Lipinski definition) is 4. The van der Waals surface area contributed by atoms with Gasteiger partial charge in [0.2, 0.25) is 5.91 Å². The Morgan fingerprint density at radius 2 is 1.76 bits per heavy atom. The number of benzene rings is 3. The minimum Gasteiger partial charge on any atom is -0.347 e. The lowest BCUT2D eigenvalue weighted by atomic mass is 10.1. The third-order valence-corrected chi connectivity index (χ3v) is 6.90. The Kier molecular flexibility index (Phi) is 7.36. The first-order chi connectivity index (χ1) is 16.5. The third-order valence-electron chi connectivity index (χ3n) is 5.39. The highest BCUT2D eigenvalue weighted by atomic mass is 35.5. The summed E-state index contributed by atoms with van der Waals surface area (Å²) < 4.78 is 0. The van der Waals surface area contributed by atoms with E-state index >= 15 is 0 Å². The van der Waals surface area contributed by atoms with Crippen molar-refractivity contribution in [2.45, 2.75) is 25.1 Å². The molecule has 0 radical (unpaired) electrons. The molecule has 3 aromatic carbocycles. The molecule has 170 valence electrons. The summed E-state index contributed by atoms with van der Waals surface area (Å²) in [5.41, 5.74) is 3.52. The average Bonchev–Trinajstić information content (AvgIpc) is 3.15. The molecule has 5 nitrogen and oxygen atoms in total. The number of nitrogens with zero attached hydrogens (tertiary/aromatic N) is 2. The molecule has 1 fully saturated rings. The van der Waals surface area contributed by atoms with Crippen LogP contribution in [-0.2, 0) is 22.6 Å². The molecule has 1 saturated heterocycles. The lowest BCUT2D eigenvalue weighted by Gasteiger charge is -2.19. The Bertz CT molecular complexity index is 1280. The molecule has 0 aromatic heterocycles. The number of rotatable bonds is 6. The van der Waals surface area contributed by atoms with Crippen LogP contribution in [0.4, 0.5) is 5.69 Å². The molecule has 3 aromatic rings. The molecule has 0 saturated carbocycles. The number of anilines is 1. The summed E-state index contributed by atoms with van der Waals surface area (Å²) in [6.07, 6.45) is 0.489. The number of nitrogens with one attached hydrogen (secondary N) is 1. The van der Waals surface area contributed by atoms with Gasteiger partial charge in [-0.25, -0.2) is 0 Å². The highest BCUT2D eigenvalue weighted by Crippen LogP contribution is 2.42. The molecule has 0 unspecified atom stereocenters. The molecule has 1 heterocycles. The van der Waals surface area contributed by atoms with Gasteiger partial charge in [-0.1, -0.05) is 83.5 Å². The van der Waals surface area contributed by atoms with Gasteiger partial charge in [-0.15, -0.1) is 0 Å². The SMILES string of the molecule is Cc1cccc(C[C@@H]2S/C(=C(/C#N)C(=O)NCc3ccccc3)N(c3ccc(Cl)cc3)C2=O)c1. The maximum Gasteiger partial charge on any atom is 0.264 e. The Hall–Kier alpha value is -3.53. The van der Waals surface area contributed by atoms with Crippen molar-refractivity contribution in [1.82, 2.24) is 5.32 Å². The fourth-order valence-electron chi connectivity index (χ4n) is 3.73. The lowest BCUT2D eigenvalue weighted by molar-refractivity contribution is -0.117. The van der Waals surface area contributed by atoms with Gasteiger partial charge in [0.25, 0.3) is 5.91 Å². The van der Waals surface area contributed by atoms with Crippen LogP contribution in [0.2, 0.25) is 5.02 Å². The van der Waals surface area contributed by atoms with Crippen molar-refractivity contribution in [1.29, 1.82) is 5.26 Å². The summed E-state index contributed by atoms with van der Waals surface area (Å²) in [6, 6.07) is 26.3. The van der Waals surface area contributed by atoms with Crippen LogP contribution in [0.15, 0.2) is 89.5 Å². The lowest BCUT2D eigenvalue weighted by Crippen LogP contribution is -2.32. The smallest absolute Gasteiger partial charge is 0.264 e. The molecular weight excluding hydrogens is 466 g/mol. The first kappa shape index (κ1) is 23.6. The Morgan fingerprint density at radius 3 is 2.44 bits per heavy atom. The van der Waals surface area contributed by atoms with E-state index in [4.69, 9.17) is 11.6 Å². The second-order valence-electron chi connectivity index (χ2n) is 7.91. The van der Waals surface area contributed by atoms with Crippen LogP contribution in [0.3, 0.4) is 0 Å². The Balaban J connectivity index is 1.67. The van der Waals surface area contributed by atoms with E-state index in [9.17, 15) is 14.9 Å². The van der Waals surface area contributed by atoms with Gasteiger partial charge in [0, 0.05) is 17.3 Å². The average molecular weight is 488 g/mol. The number of thioether (sulfide) groups is 1. The summed E-state index contributed by atoms with van der Waals surface area (Å²) in [6.45, 7) is 2.29. The van der Waals surface area contributed by atoms with Crippen LogP contribution in [0.1, 0.15) is 16.7 Å². The van der Waals surface area contributed by atoms with Crippen LogP contribution < -0.4 is 10.2 Å². The van der Waals surface area contributed by atoms with E-state index in [0.29, 0.717) is 22.2 Å². The molecule has 1 aliphatic rings. The second kappa shape index (κ2) is 10.6. The van der Waals surface area contributed by atoms with Gasteiger partial charge in [-0.2, -0.15) is 5.26 Å². The van der Waals surface area contributed by atoms with Crippen molar-refractivity contribution in [2.24, 2.45) is 0 Å². The van der Waals surface area contributed by atoms with E-state index in [1.54, 1.807) is 24.3 Å². The third kappa shape index (κ3) is 5.33. The molecule has 0 aliphatic carbocycles. The standard InChI is InChI=1S/C27H22ClN3O2S/c1-18-6-5-9-20(14-18)15-24-26(33)31(22-12-10-21(28)11-13-22)27(34-24)23(16-29)25(32)30-17-19-7-3-2-4-8-19/h2-14,24H,15,17H2,1H3,(H,30,32)/b27-23-/t24-/m0/s1. The van der Waals surface area contributed by atoms with Crippen LogP contribution >= 0.6 is 23.4 Å². The van der Waals surface area contributed by atoms with E-state index in [1.807, 2.05) is 67.6 Å². The van der Waals surface area contributed by atoms with Crippen molar-refractivity contribution in [2.75, 3.05) is 4.90 Å². The van der Waals surface area contributed by atoms with Crippen LogP contribution in [0.25, 0.3) is 0 Å². The summed E-state index contributed by atoms with van der Waals surface area (Å²) >= 11 is 7.29. The molecule has 4 rings (SSSR count). The van der Waals surface area contributed by atoms with Gasteiger partial charge < -0.3 is 5.32 Å². The van der Waals surface area contributed by atoms with Crippen LogP contribution in [0, 0.1) is 18.3 Å². The summed E-state index contributed by atoms with van der Waals surface area (Å²) in [4.78, 5) is 28.0. The van der Waals surface area contributed by atoms with Crippen molar-refractivity contribution in [3.63, 3.8) is 0 Å². The van der Waals surface area contributed by atoms with E-state index in [0.717, 1.165) is 16.7 Å². The van der Waals surface area contributed by atoms with E-state index in [1.165, 1.54) is 16.7 Å². The Morgan fingerprint density at radius 1 is 1.06 bits per heavy atom. The van der Waals surface area contributed by atoms with Crippen molar-refractivity contribution in [3.8, 4) is 6.07 Å². The molecule has 1 aliphatic heterocycles. The first-order valence-corrected chi connectivity index (χ1v) is 12.0. The zero-order valence-electron chi connectivity index (χ0n) is 18.5. The predicted octanol–water partition coefficient (Wildman–Crippen LogP) is 5.39. The number of nitriles is 1. The topological polar surface area (TPSA) is 73.2 Å². The van der Waals surface area contributed by atoms with Crippen LogP contribution in [-0.4, -0.2) is 17.1 Å². The van der Waals surface area contributed by atoms with Gasteiger partial charge >= 0.3 is 0 Å². The van der Waals surface area contributed by atoms with Gasteiger partial charge in [-0.05, 0) is 48.7 Å². The molecule has 0 bridgehead atoms. The fourth-order valence-corrected chi connectivity index (χ4v) is 5.17. The molecule has 7 heteroatoms. The van der Waals surface area contributed by atoms with Crippen molar-refractivity contribution >= 4 is 40.9 Å². The van der Waals surface area contributed by atoms with E-state index in [2.05, 4.69) is 5.32 Å². The molecular formula is C27H22ClN3O2S. The van der Waals surface area contributed by atoms with E-state index in [-0.39, 0.29) is 18.0 Å². The number of amides is 2. The number of carbonyl (C=O) groups is 2. The minimum absolute atomic E-state index is 0.0871. The number of aryl methyl sites for hydroxylation is 1. The number of halogens is 1. The maximum atomic E-state index is 13.5. The van der Waals surface area contributed by atoms with Crippen molar-refractivity contribution in [3.05, 3.63) is 111 Å². The molecule has 1 atom stereocenters. The summed E-state index contributed by atoms with van der Waals surface area (Å²) in [5.74, 6) is -0.690. The van der Waals surface area contributed by atoms with Gasteiger partial charge in [-0.3, -0.25) is 14.5 Å². The van der Waals surface area contributed by atoms with Gasteiger partial charge in [0.15, 0.2) is 0 Å². The van der Waals surface area contributed by atoms with Crippen LogP contribution in [0.5, 0.6) is 0 Å². The Labute approximate surface area is 208 Å². The molecule has 1 N–H and O–H groups in total. The number of carbonyl (C=O) groups excluding carboxylic acids is 2.